The van der Waals surface area contributed by atoms with Crippen LogP contribution in [0.1, 0.15) is 6.92 Å². The molecule has 0 amide bonds. The zero-order valence-corrected chi connectivity index (χ0v) is 5.05. The Kier molecular flexibility index (Phi) is 13.8. The van der Waals surface area contributed by atoms with Crippen LogP contribution in [-0.4, -0.2) is 19.5 Å². The molecule has 7 heavy (non-hydrogen) atoms. The van der Waals surface area contributed by atoms with Crippen LogP contribution in [0.25, 0.3) is 0 Å². The molecule has 1 radical (unpaired) electrons. The van der Waals surface area contributed by atoms with Crippen molar-refractivity contribution in [3.05, 3.63) is 0 Å². The van der Waals surface area contributed by atoms with E-state index in [0.717, 1.165) is 6.29 Å². The molecule has 0 N–H and O–H groups in total. The second-order valence-corrected chi connectivity index (χ2v) is 0.826. The minimum Gasteiger partial charge on any atom is -0.374 e. The number of carbonyl (C=O) groups is 1. The Morgan fingerprint density at radius 1 is 1.71 bits per heavy atom. The second-order valence-electron chi connectivity index (χ2n) is 0.826. The van der Waals surface area contributed by atoms with E-state index in [0.29, 0.717) is 6.61 Å². The first-order valence-corrected chi connectivity index (χ1v) is 1.93. The second kappa shape index (κ2) is 9.47. The standard InChI is InChI=1S/C4H8O2.Cu/c1-2-6-4-3-5;/h3H,2,4H2,1H3;. The van der Waals surface area contributed by atoms with Crippen LogP contribution in [-0.2, 0) is 26.6 Å². The fraction of sp³-hybridized carbons (Fsp3) is 0.750. The van der Waals surface area contributed by atoms with Gasteiger partial charge in [0, 0.05) is 23.7 Å². The Hall–Kier alpha value is 0.149. The molecule has 47 valence electrons. The van der Waals surface area contributed by atoms with E-state index in [-0.39, 0.29) is 23.7 Å². The number of ether oxygens (including phenoxy) is 1. The first-order valence-electron chi connectivity index (χ1n) is 1.93. The molecule has 0 spiro atoms. The van der Waals surface area contributed by atoms with Gasteiger partial charge in [0.2, 0.25) is 0 Å². The van der Waals surface area contributed by atoms with Gasteiger partial charge in [0.25, 0.3) is 0 Å². The molecular weight excluding hydrogens is 144 g/mol. The van der Waals surface area contributed by atoms with Crippen LogP contribution in [0.5, 0.6) is 0 Å². The van der Waals surface area contributed by atoms with E-state index in [1.54, 1.807) is 0 Å². The van der Waals surface area contributed by atoms with Gasteiger partial charge < -0.3 is 9.53 Å². The summed E-state index contributed by atoms with van der Waals surface area (Å²) in [5.41, 5.74) is 0. The van der Waals surface area contributed by atoms with Gasteiger partial charge in [-0.2, -0.15) is 0 Å². The molecule has 0 saturated carbocycles. The van der Waals surface area contributed by atoms with Crippen LogP contribution in [0, 0.1) is 0 Å². The molecule has 0 aliphatic rings. The molecular formula is C4H8CuO2. The van der Waals surface area contributed by atoms with Crippen molar-refractivity contribution in [2.75, 3.05) is 13.2 Å². The van der Waals surface area contributed by atoms with Crippen molar-refractivity contribution in [1.82, 2.24) is 0 Å². The van der Waals surface area contributed by atoms with Crippen molar-refractivity contribution < 1.29 is 26.6 Å². The molecule has 0 aromatic rings. The molecule has 0 heterocycles. The monoisotopic (exact) mass is 151 g/mol. The van der Waals surface area contributed by atoms with Crippen molar-refractivity contribution in [1.29, 1.82) is 0 Å². The smallest absolute Gasteiger partial charge is 0.145 e. The normalized spacial score (nSPS) is 7.00. The maximum absolute atomic E-state index is 9.44. The fourth-order valence-corrected chi connectivity index (χ4v) is 0.166. The summed E-state index contributed by atoms with van der Waals surface area (Å²) in [7, 11) is 0. The maximum atomic E-state index is 9.44. The summed E-state index contributed by atoms with van der Waals surface area (Å²) in [5.74, 6) is 0. The fourth-order valence-electron chi connectivity index (χ4n) is 0.166. The van der Waals surface area contributed by atoms with E-state index < -0.39 is 0 Å². The summed E-state index contributed by atoms with van der Waals surface area (Å²) >= 11 is 0. The Morgan fingerprint density at radius 2 is 2.29 bits per heavy atom. The summed E-state index contributed by atoms with van der Waals surface area (Å²) < 4.78 is 4.61. The maximum Gasteiger partial charge on any atom is 0.145 e. The van der Waals surface area contributed by atoms with Gasteiger partial charge >= 0.3 is 0 Å². The van der Waals surface area contributed by atoms with Crippen molar-refractivity contribution in [3.63, 3.8) is 0 Å². The van der Waals surface area contributed by atoms with Gasteiger partial charge in [0.15, 0.2) is 0 Å². The van der Waals surface area contributed by atoms with E-state index in [1.165, 1.54) is 0 Å². The van der Waals surface area contributed by atoms with Gasteiger partial charge in [-0.3, -0.25) is 0 Å². The molecule has 0 fully saturated rings. The molecule has 0 aromatic carbocycles. The summed E-state index contributed by atoms with van der Waals surface area (Å²) in [6.07, 6.45) is 0.740. The average Bonchev–Trinajstić information content (AvgIpc) is 1.61. The van der Waals surface area contributed by atoms with Crippen molar-refractivity contribution >= 4 is 6.29 Å². The third-order valence-corrected chi connectivity index (χ3v) is 0.390. The molecule has 0 aliphatic heterocycles. The number of aldehydes is 1. The van der Waals surface area contributed by atoms with Crippen LogP contribution in [0.3, 0.4) is 0 Å². The average molecular weight is 152 g/mol. The van der Waals surface area contributed by atoms with E-state index in [1.807, 2.05) is 6.92 Å². The molecule has 0 atom stereocenters. The van der Waals surface area contributed by atoms with Gasteiger partial charge in [0.05, 0.1) is 0 Å². The van der Waals surface area contributed by atoms with Gasteiger partial charge in [-0.05, 0) is 6.92 Å². The van der Waals surface area contributed by atoms with Gasteiger partial charge in [-0.1, -0.05) is 0 Å². The van der Waals surface area contributed by atoms with Crippen LogP contribution < -0.4 is 0 Å². The Labute approximate surface area is 53.7 Å². The van der Waals surface area contributed by atoms with Crippen LogP contribution >= 0.6 is 0 Å². The first kappa shape index (κ1) is 10.2. The topological polar surface area (TPSA) is 26.3 Å². The zero-order valence-electron chi connectivity index (χ0n) is 4.11. The van der Waals surface area contributed by atoms with E-state index >= 15 is 0 Å². The Morgan fingerprint density at radius 3 is 2.43 bits per heavy atom. The molecule has 2 nitrogen and oxygen atoms in total. The first-order chi connectivity index (χ1) is 2.91. The van der Waals surface area contributed by atoms with E-state index in [9.17, 15) is 4.79 Å². The minimum atomic E-state index is 0. The molecule has 0 aliphatic carbocycles. The number of hydrogen-bond donors (Lipinski definition) is 0. The number of hydrogen-bond acceptors (Lipinski definition) is 2. The summed E-state index contributed by atoms with van der Waals surface area (Å²) in [6.45, 7) is 2.71. The quantitative estimate of drug-likeness (QED) is 0.328. The molecule has 3 heteroatoms. The third kappa shape index (κ3) is 10.7. The number of rotatable bonds is 3. The molecule has 0 saturated heterocycles. The predicted molar refractivity (Wildman–Crippen MR) is 22.6 cm³/mol. The molecule has 0 bridgehead atoms. The van der Waals surface area contributed by atoms with E-state index in [2.05, 4.69) is 4.74 Å². The molecule has 0 rings (SSSR count). The van der Waals surface area contributed by atoms with Gasteiger partial charge in [0.1, 0.15) is 12.9 Å². The van der Waals surface area contributed by atoms with Crippen molar-refractivity contribution in [3.8, 4) is 0 Å². The van der Waals surface area contributed by atoms with Crippen LogP contribution in [0.2, 0.25) is 0 Å². The summed E-state index contributed by atoms with van der Waals surface area (Å²) in [5, 5.41) is 0. The summed E-state index contributed by atoms with van der Waals surface area (Å²) in [4.78, 5) is 9.44. The zero-order chi connectivity index (χ0) is 4.83. The van der Waals surface area contributed by atoms with Gasteiger partial charge in [-0.15, -0.1) is 0 Å². The van der Waals surface area contributed by atoms with Crippen LogP contribution in [0.4, 0.5) is 0 Å². The largest absolute Gasteiger partial charge is 0.374 e. The predicted octanol–water partition coefficient (Wildman–Crippen LogP) is 0.219. The third-order valence-electron chi connectivity index (χ3n) is 0.390. The number of carbonyl (C=O) groups excluding carboxylic acids is 1. The van der Waals surface area contributed by atoms with Crippen molar-refractivity contribution in [2.45, 2.75) is 6.92 Å². The minimum absolute atomic E-state index is 0. The molecule has 0 aromatic heterocycles. The Balaban J connectivity index is 0. The van der Waals surface area contributed by atoms with Gasteiger partial charge in [-0.25, -0.2) is 0 Å². The summed E-state index contributed by atoms with van der Waals surface area (Å²) in [6, 6.07) is 0. The van der Waals surface area contributed by atoms with E-state index in [4.69, 9.17) is 0 Å². The van der Waals surface area contributed by atoms with Crippen LogP contribution in [0.15, 0.2) is 0 Å². The molecule has 0 unspecified atom stereocenters. The SMILES string of the molecule is CCOCC=O.[Cu]. The van der Waals surface area contributed by atoms with Crippen molar-refractivity contribution in [2.24, 2.45) is 0 Å². The Bertz CT molecular complexity index is 38.7.